The van der Waals surface area contributed by atoms with Gasteiger partial charge in [0.1, 0.15) is 0 Å². The summed E-state index contributed by atoms with van der Waals surface area (Å²) in [5, 5.41) is 0.690. The zero-order chi connectivity index (χ0) is 10.7. The molecule has 1 aromatic rings. The van der Waals surface area contributed by atoms with Crippen LogP contribution in [0.2, 0.25) is 0 Å². The van der Waals surface area contributed by atoms with Crippen LogP contribution < -0.4 is 4.90 Å². The van der Waals surface area contributed by atoms with E-state index in [1.54, 1.807) is 0 Å². The summed E-state index contributed by atoms with van der Waals surface area (Å²) in [6.07, 6.45) is 3.58. The molecule has 1 saturated heterocycles. The van der Waals surface area contributed by atoms with Crippen molar-refractivity contribution >= 4 is 17.7 Å². The largest absolute Gasteiger partial charge is 0.340 e. The lowest BCUT2D eigenvalue weighted by atomic mass is 10.3. The Kier molecular flexibility index (Phi) is 3.41. The maximum absolute atomic E-state index is 12.6. The molecule has 0 bridgehead atoms. The van der Waals surface area contributed by atoms with Crippen molar-refractivity contribution in [3.05, 3.63) is 18.2 Å². The Morgan fingerprint density at radius 3 is 2.87 bits per heavy atom. The van der Waals surface area contributed by atoms with Gasteiger partial charge in [0.05, 0.1) is 12.4 Å². The SMILES string of the molecule is C[C@@H]1CCN(c2ncc(F)cn2)CCS1. The van der Waals surface area contributed by atoms with Crippen molar-refractivity contribution in [2.75, 3.05) is 23.7 Å². The lowest BCUT2D eigenvalue weighted by molar-refractivity contribution is 0.610. The Balaban J connectivity index is 2.06. The van der Waals surface area contributed by atoms with Crippen LogP contribution in [0, 0.1) is 5.82 Å². The minimum atomic E-state index is -0.378. The van der Waals surface area contributed by atoms with Gasteiger partial charge in [0.25, 0.3) is 0 Å². The third-order valence-corrected chi connectivity index (χ3v) is 3.68. The molecule has 1 fully saturated rings. The van der Waals surface area contributed by atoms with Gasteiger partial charge in [0, 0.05) is 24.1 Å². The second-order valence-electron chi connectivity index (χ2n) is 3.66. The lowest BCUT2D eigenvalue weighted by Crippen LogP contribution is -2.27. The molecule has 1 aliphatic rings. The van der Waals surface area contributed by atoms with Crippen molar-refractivity contribution in [2.24, 2.45) is 0 Å². The molecule has 0 aliphatic carbocycles. The maximum Gasteiger partial charge on any atom is 0.225 e. The molecule has 0 saturated carbocycles. The van der Waals surface area contributed by atoms with Crippen LogP contribution in [0.4, 0.5) is 10.3 Å². The van der Waals surface area contributed by atoms with Gasteiger partial charge in [-0.05, 0) is 6.42 Å². The van der Waals surface area contributed by atoms with Gasteiger partial charge in [-0.2, -0.15) is 11.8 Å². The normalized spacial score (nSPS) is 22.5. The fourth-order valence-corrected chi connectivity index (χ4v) is 2.57. The molecule has 1 aliphatic heterocycles. The van der Waals surface area contributed by atoms with Gasteiger partial charge < -0.3 is 4.90 Å². The fourth-order valence-electron chi connectivity index (χ4n) is 1.57. The highest BCUT2D eigenvalue weighted by molar-refractivity contribution is 7.99. The van der Waals surface area contributed by atoms with Crippen molar-refractivity contribution in [1.82, 2.24) is 9.97 Å². The highest BCUT2D eigenvalue weighted by Crippen LogP contribution is 2.20. The first-order chi connectivity index (χ1) is 7.25. The summed E-state index contributed by atoms with van der Waals surface area (Å²) in [6, 6.07) is 0. The second-order valence-corrected chi connectivity index (χ2v) is 5.20. The summed E-state index contributed by atoms with van der Waals surface area (Å²) in [7, 11) is 0. The van der Waals surface area contributed by atoms with Crippen LogP contribution in [0.1, 0.15) is 13.3 Å². The first-order valence-electron chi connectivity index (χ1n) is 5.10. The van der Waals surface area contributed by atoms with E-state index in [1.165, 1.54) is 12.4 Å². The number of hydrogen-bond acceptors (Lipinski definition) is 4. The van der Waals surface area contributed by atoms with Crippen molar-refractivity contribution < 1.29 is 4.39 Å². The minimum absolute atomic E-state index is 0.378. The number of rotatable bonds is 1. The molecular weight excluding hydrogens is 213 g/mol. The van der Waals surface area contributed by atoms with Crippen LogP contribution in [0.5, 0.6) is 0 Å². The predicted octanol–water partition coefficient (Wildman–Crippen LogP) is 1.95. The van der Waals surface area contributed by atoms with Gasteiger partial charge in [0.2, 0.25) is 5.95 Å². The number of hydrogen-bond donors (Lipinski definition) is 0. The maximum atomic E-state index is 12.6. The van der Waals surface area contributed by atoms with Gasteiger partial charge >= 0.3 is 0 Å². The molecule has 0 radical (unpaired) electrons. The van der Waals surface area contributed by atoms with E-state index >= 15 is 0 Å². The Bertz CT molecular complexity index is 317. The number of halogens is 1. The highest BCUT2D eigenvalue weighted by atomic mass is 32.2. The van der Waals surface area contributed by atoms with Gasteiger partial charge in [-0.1, -0.05) is 6.92 Å². The molecular formula is C10H14FN3S. The molecule has 82 valence electrons. The van der Waals surface area contributed by atoms with Crippen LogP contribution in [0.25, 0.3) is 0 Å². The molecule has 15 heavy (non-hydrogen) atoms. The lowest BCUT2D eigenvalue weighted by Gasteiger charge is -2.19. The average molecular weight is 227 g/mol. The van der Waals surface area contributed by atoms with Gasteiger partial charge in [-0.3, -0.25) is 0 Å². The Hall–Kier alpha value is -0.840. The van der Waals surface area contributed by atoms with E-state index in [0.29, 0.717) is 11.2 Å². The van der Waals surface area contributed by atoms with E-state index in [9.17, 15) is 4.39 Å². The Morgan fingerprint density at radius 1 is 1.40 bits per heavy atom. The molecule has 0 amide bonds. The third-order valence-electron chi connectivity index (χ3n) is 2.46. The van der Waals surface area contributed by atoms with Crippen LogP contribution in [-0.2, 0) is 0 Å². The highest BCUT2D eigenvalue weighted by Gasteiger charge is 2.15. The number of thioether (sulfide) groups is 1. The summed E-state index contributed by atoms with van der Waals surface area (Å²) >= 11 is 1.97. The molecule has 1 atom stereocenters. The van der Waals surface area contributed by atoms with E-state index < -0.39 is 0 Å². The quantitative estimate of drug-likeness (QED) is 0.733. The van der Waals surface area contributed by atoms with Gasteiger partial charge in [0.15, 0.2) is 5.82 Å². The predicted molar refractivity (Wildman–Crippen MR) is 60.7 cm³/mol. The third kappa shape index (κ3) is 2.81. The first kappa shape index (κ1) is 10.7. The smallest absolute Gasteiger partial charge is 0.225 e. The van der Waals surface area contributed by atoms with Crippen molar-refractivity contribution in [2.45, 2.75) is 18.6 Å². The zero-order valence-electron chi connectivity index (χ0n) is 8.69. The molecule has 2 rings (SSSR count). The van der Waals surface area contributed by atoms with Crippen molar-refractivity contribution in [1.29, 1.82) is 0 Å². The molecule has 0 unspecified atom stereocenters. The summed E-state index contributed by atoms with van der Waals surface area (Å²) in [5.41, 5.74) is 0. The molecule has 0 aromatic carbocycles. The van der Waals surface area contributed by atoms with E-state index in [2.05, 4.69) is 21.8 Å². The average Bonchev–Trinajstić information content (AvgIpc) is 2.44. The number of nitrogens with zero attached hydrogens (tertiary/aromatic N) is 3. The Morgan fingerprint density at radius 2 is 2.13 bits per heavy atom. The topological polar surface area (TPSA) is 29.0 Å². The second kappa shape index (κ2) is 4.79. The summed E-state index contributed by atoms with van der Waals surface area (Å²) in [4.78, 5) is 10.1. The van der Waals surface area contributed by atoms with E-state index in [4.69, 9.17) is 0 Å². The van der Waals surface area contributed by atoms with Crippen LogP contribution in [0.15, 0.2) is 12.4 Å². The van der Waals surface area contributed by atoms with E-state index in [1.807, 2.05) is 11.8 Å². The van der Waals surface area contributed by atoms with E-state index in [0.717, 1.165) is 25.3 Å². The first-order valence-corrected chi connectivity index (χ1v) is 6.14. The summed E-state index contributed by atoms with van der Waals surface area (Å²) in [6.45, 7) is 4.14. The molecule has 5 heteroatoms. The Labute approximate surface area is 93.1 Å². The standard InChI is InChI=1S/C10H14FN3S/c1-8-2-3-14(4-5-15-8)10-12-6-9(11)7-13-10/h6-8H,2-5H2,1H3/t8-/m1/s1. The zero-order valence-corrected chi connectivity index (χ0v) is 9.50. The number of aromatic nitrogens is 2. The van der Waals surface area contributed by atoms with Crippen LogP contribution in [0.3, 0.4) is 0 Å². The van der Waals surface area contributed by atoms with E-state index in [-0.39, 0.29) is 5.82 Å². The van der Waals surface area contributed by atoms with Crippen LogP contribution >= 0.6 is 11.8 Å². The fraction of sp³-hybridized carbons (Fsp3) is 0.600. The van der Waals surface area contributed by atoms with Crippen LogP contribution in [-0.4, -0.2) is 34.1 Å². The number of anilines is 1. The molecule has 3 nitrogen and oxygen atoms in total. The summed E-state index contributed by atoms with van der Waals surface area (Å²) < 4.78 is 12.6. The van der Waals surface area contributed by atoms with Crippen molar-refractivity contribution in [3.8, 4) is 0 Å². The van der Waals surface area contributed by atoms with Gasteiger partial charge in [-0.15, -0.1) is 0 Å². The molecule has 0 N–H and O–H groups in total. The van der Waals surface area contributed by atoms with Gasteiger partial charge in [-0.25, -0.2) is 14.4 Å². The summed E-state index contributed by atoms with van der Waals surface area (Å²) in [5.74, 6) is 1.35. The molecule has 1 aromatic heterocycles. The monoisotopic (exact) mass is 227 g/mol. The molecule has 2 heterocycles. The van der Waals surface area contributed by atoms with Crippen molar-refractivity contribution in [3.63, 3.8) is 0 Å². The minimum Gasteiger partial charge on any atom is -0.340 e. The molecule has 0 spiro atoms.